The molecule has 6 atom stereocenters. The molecule has 0 aromatic heterocycles. The number of fused-ring (bicyclic) bond motifs is 5. The molecule has 3 fully saturated rings. The zero-order valence-electron chi connectivity index (χ0n) is 20.7. The number of nitrogens with one attached hydrogen (secondary N) is 1. The summed E-state index contributed by atoms with van der Waals surface area (Å²) in [6.45, 7) is 0. The van der Waals surface area contributed by atoms with Gasteiger partial charge in [0.2, 0.25) is 11.8 Å². The number of phenolic OH excluding ortho intramolecular Hbond substituents is 1. The smallest absolute Gasteiger partial charge is 0.258 e. The fraction of sp³-hybridized carbons (Fsp3) is 0.267. The molecule has 7 rings (SSSR count). The van der Waals surface area contributed by atoms with Crippen LogP contribution in [0, 0.1) is 23.6 Å². The number of rotatable bonds is 2. The molecule has 2 saturated heterocycles. The average Bonchev–Trinajstić information content (AvgIpc) is 3.31. The molecular formula is C30H21Cl2FN2O5. The lowest BCUT2D eigenvalue weighted by atomic mass is 9.56. The minimum Gasteiger partial charge on any atom is -0.507 e. The Balaban J connectivity index is 1.50. The maximum Gasteiger partial charge on any atom is 0.258 e. The normalized spacial score (nSPS) is 33.0. The van der Waals surface area contributed by atoms with Gasteiger partial charge in [-0.15, -0.1) is 23.2 Å². The van der Waals surface area contributed by atoms with Crippen LogP contribution in [0.4, 0.5) is 10.1 Å². The largest absolute Gasteiger partial charge is 0.507 e. The van der Waals surface area contributed by atoms with Crippen molar-refractivity contribution in [1.82, 2.24) is 5.32 Å². The lowest BCUT2D eigenvalue weighted by Gasteiger charge is -2.51. The monoisotopic (exact) mass is 578 g/mol. The van der Waals surface area contributed by atoms with Crippen molar-refractivity contribution >= 4 is 63.3 Å². The van der Waals surface area contributed by atoms with Gasteiger partial charge in [-0.1, -0.05) is 42.0 Å². The molecule has 2 aliphatic heterocycles. The van der Waals surface area contributed by atoms with Crippen LogP contribution in [0.1, 0.15) is 24.3 Å². The first-order chi connectivity index (χ1) is 19.1. The van der Waals surface area contributed by atoms with Gasteiger partial charge < -0.3 is 5.11 Å². The number of imide groups is 2. The number of aromatic hydroxyl groups is 1. The van der Waals surface area contributed by atoms with Crippen LogP contribution in [0.2, 0.25) is 0 Å². The summed E-state index contributed by atoms with van der Waals surface area (Å²) in [5.41, 5.74) is 1.31. The van der Waals surface area contributed by atoms with Gasteiger partial charge in [0.25, 0.3) is 11.8 Å². The summed E-state index contributed by atoms with van der Waals surface area (Å²) in [6.07, 6.45) is 1.95. The van der Waals surface area contributed by atoms with Crippen molar-refractivity contribution in [2.45, 2.75) is 28.5 Å². The molecule has 0 bridgehead atoms. The first kappa shape index (κ1) is 25.2. The van der Waals surface area contributed by atoms with E-state index >= 15 is 0 Å². The Hall–Kier alpha value is -3.75. The summed E-state index contributed by atoms with van der Waals surface area (Å²) in [6, 6.07) is 15.1. The fourth-order valence-electron chi connectivity index (χ4n) is 7.21. The number of carbonyl (C=O) groups is 4. The third-order valence-corrected chi connectivity index (χ3v) is 10.4. The minimum absolute atomic E-state index is 0.0210. The standard InChI is InChI=1S/C30H21Cl2FN2O5/c31-29-13-21-19(9-10-20-23(21)26(38)34-25(20)37)24(18-11-12-22(36)17-4-2-1-3-16(17)18)30(29,32)28(40)35(27(29)39)15-7-5-14(33)6-8-15/h1-9,11-12,20-21,23-24,36H,10,13H2,(H,34,37,38)/t20-,21+,23-,24-,29+,30-/m0/s1. The van der Waals surface area contributed by atoms with Crippen molar-refractivity contribution in [2.75, 3.05) is 4.90 Å². The highest BCUT2D eigenvalue weighted by Gasteiger charge is 2.76. The summed E-state index contributed by atoms with van der Waals surface area (Å²) >= 11 is 14.7. The first-order valence-electron chi connectivity index (χ1n) is 12.9. The minimum atomic E-state index is -2.03. The molecule has 0 radical (unpaired) electrons. The van der Waals surface area contributed by atoms with Gasteiger partial charge in [-0.3, -0.25) is 24.5 Å². The van der Waals surface area contributed by atoms with Crippen LogP contribution < -0.4 is 10.2 Å². The van der Waals surface area contributed by atoms with E-state index in [0.29, 0.717) is 21.9 Å². The summed E-state index contributed by atoms with van der Waals surface area (Å²) < 4.78 is 13.7. The Morgan fingerprint density at radius 2 is 1.57 bits per heavy atom. The quantitative estimate of drug-likeness (QED) is 0.264. The number of hydrogen-bond acceptors (Lipinski definition) is 5. The fourth-order valence-corrected chi connectivity index (χ4v) is 8.14. The number of carbonyl (C=O) groups excluding carboxylic acids is 4. The molecule has 40 heavy (non-hydrogen) atoms. The number of benzene rings is 3. The van der Waals surface area contributed by atoms with E-state index in [2.05, 4.69) is 5.32 Å². The second kappa shape index (κ2) is 8.38. The number of hydrogen-bond donors (Lipinski definition) is 2. The zero-order valence-corrected chi connectivity index (χ0v) is 22.2. The lowest BCUT2D eigenvalue weighted by molar-refractivity contribution is -0.127. The van der Waals surface area contributed by atoms with Crippen molar-refractivity contribution in [1.29, 1.82) is 0 Å². The van der Waals surface area contributed by atoms with Crippen molar-refractivity contribution in [3.8, 4) is 5.75 Å². The van der Waals surface area contributed by atoms with Crippen LogP contribution in [-0.4, -0.2) is 38.5 Å². The van der Waals surface area contributed by atoms with E-state index in [0.717, 1.165) is 17.0 Å². The number of anilines is 1. The average molecular weight is 579 g/mol. The molecular weight excluding hydrogens is 558 g/mol. The number of allylic oxidation sites excluding steroid dienone is 2. The van der Waals surface area contributed by atoms with Crippen LogP contribution in [-0.2, 0) is 19.2 Å². The van der Waals surface area contributed by atoms with Crippen LogP contribution in [0.15, 0.2) is 72.3 Å². The van der Waals surface area contributed by atoms with E-state index in [9.17, 15) is 28.7 Å². The lowest BCUT2D eigenvalue weighted by Crippen LogP contribution is -2.60. The molecule has 10 heteroatoms. The Morgan fingerprint density at radius 1 is 0.875 bits per heavy atom. The van der Waals surface area contributed by atoms with Gasteiger partial charge in [-0.2, -0.15) is 0 Å². The summed E-state index contributed by atoms with van der Waals surface area (Å²) in [5, 5.41) is 14.1. The van der Waals surface area contributed by atoms with E-state index in [1.54, 1.807) is 30.3 Å². The van der Waals surface area contributed by atoms with Gasteiger partial charge in [0.1, 0.15) is 11.6 Å². The topological polar surface area (TPSA) is 104 Å². The molecule has 202 valence electrons. The highest BCUT2D eigenvalue weighted by atomic mass is 35.5. The molecule has 2 N–H and O–H groups in total. The van der Waals surface area contributed by atoms with Gasteiger partial charge >= 0.3 is 0 Å². The molecule has 0 unspecified atom stereocenters. The van der Waals surface area contributed by atoms with Crippen molar-refractivity contribution < 1.29 is 28.7 Å². The molecule has 7 nitrogen and oxygen atoms in total. The van der Waals surface area contributed by atoms with Crippen molar-refractivity contribution in [3.63, 3.8) is 0 Å². The van der Waals surface area contributed by atoms with Crippen LogP contribution in [0.25, 0.3) is 10.8 Å². The second-order valence-corrected chi connectivity index (χ2v) is 12.1. The predicted molar refractivity (Wildman–Crippen MR) is 145 cm³/mol. The number of halogens is 3. The molecule has 3 aromatic carbocycles. The third kappa shape index (κ3) is 3.06. The number of alkyl halides is 2. The third-order valence-electron chi connectivity index (χ3n) is 8.98. The summed E-state index contributed by atoms with van der Waals surface area (Å²) in [7, 11) is 0. The Kier molecular flexibility index (Phi) is 5.29. The maximum atomic E-state index is 14.4. The first-order valence-corrected chi connectivity index (χ1v) is 13.6. The molecule has 0 spiro atoms. The zero-order chi connectivity index (χ0) is 28.1. The summed E-state index contributed by atoms with van der Waals surface area (Å²) in [4.78, 5) is 51.0. The van der Waals surface area contributed by atoms with E-state index in [1.165, 1.54) is 18.2 Å². The molecule has 1 saturated carbocycles. The number of nitrogens with zero attached hydrogens (tertiary/aromatic N) is 1. The molecule has 4 aliphatic rings. The van der Waals surface area contributed by atoms with E-state index in [1.807, 2.05) is 6.08 Å². The SMILES string of the molecule is O=C1NC(=O)[C@H]2CC=C3[C@@H](C[C@@]4(Cl)C(=O)N(c5ccc(F)cc5)C(=O)[C@@]4(Cl)[C@H]3c3ccc(O)c4ccccc34)[C@@H]12. The highest BCUT2D eigenvalue weighted by Crippen LogP contribution is 2.66. The van der Waals surface area contributed by atoms with Gasteiger partial charge in [-0.05, 0) is 60.0 Å². The van der Waals surface area contributed by atoms with Gasteiger partial charge in [0.05, 0.1) is 17.5 Å². The van der Waals surface area contributed by atoms with E-state index < -0.39 is 57.0 Å². The van der Waals surface area contributed by atoms with E-state index in [-0.39, 0.29) is 30.2 Å². The van der Waals surface area contributed by atoms with Gasteiger partial charge in [0, 0.05) is 11.3 Å². The van der Waals surface area contributed by atoms with Crippen molar-refractivity contribution in [2.24, 2.45) is 17.8 Å². The van der Waals surface area contributed by atoms with Crippen LogP contribution >= 0.6 is 23.2 Å². The second-order valence-electron chi connectivity index (χ2n) is 10.8. The summed E-state index contributed by atoms with van der Waals surface area (Å²) in [5.74, 6) is -5.95. The van der Waals surface area contributed by atoms with E-state index in [4.69, 9.17) is 23.2 Å². The molecule has 4 amide bonds. The molecule has 3 aromatic rings. The highest BCUT2D eigenvalue weighted by molar-refractivity contribution is 6.58. The number of phenols is 1. The maximum absolute atomic E-state index is 14.4. The predicted octanol–water partition coefficient (Wildman–Crippen LogP) is 4.54. The Bertz CT molecular complexity index is 1710. The van der Waals surface area contributed by atoms with Crippen LogP contribution in [0.5, 0.6) is 5.75 Å². The molecule has 2 heterocycles. The van der Waals surface area contributed by atoms with Crippen LogP contribution in [0.3, 0.4) is 0 Å². The Morgan fingerprint density at radius 3 is 2.30 bits per heavy atom. The number of amides is 4. The van der Waals surface area contributed by atoms with Crippen molar-refractivity contribution in [3.05, 3.63) is 83.7 Å². The van der Waals surface area contributed by atoms with Gasteiger partial charge in [-0.25, -0.2) is 9.29 Å². The Labute approximate surface area is 237 Å². The molecule has 2 aliphatic carbocycles. The van der Waals surface area contributed by atoms with Gasteiger partial charge in [0.15, 0.2) is 9.75 Å².